The molecule has 0 radical (unpaired) electrons. The molecule has 1 N–H and O–H groups in total. The van der Waals surface area contributed by atoms with Gasteiger partial charge in [0.15, 0.2) is 5.82 Å². The van der Waals surface area contributed by atoms with Gasteiger partial charge in [-0.3, -0.25) is 4.79 Å². The van der Waals surface area contributed by atoms with Gasteiger partial charge in [-0.1, -0.05) is 6.07 Å². The number of carbonyl (C=O) groups is 1. The molecule has 0 unspecified atom stereocenters. The first-order valence-corrected chi connectivity index (χ1v) is 6.52. The Morgan fingerprint density at radius 2 is 2.18 bits per heavy atom. The summed E-state index contributed by atoms with van der Waals surface area (Å²) in [4.78, 5) is 20.4. The number of carbonyl (C=O) groups excluding carboxylic acids is 1. The van der Waals surface area contributed by atoms with Crippen LogP contribution in [0.2, 0.25) is 0 Å². The van der Waals surface area contributed by atoms with Gasteiger partial charge in [0.25, 0.3) is 5.91 Å². The van der Waals surface area contributed by atoms with Gasteiger partial charge in [-0.2, -0.15) is 5.10 Å². The van der Waals surface area contributed by atoms with Crippen molar-refractivity contribution in [2.75, 3.05) is 5.32 Å². The Balaban J connectivity index is 1.91. The molecule has 3 aromatic rings. The minimum absolute atomic E-state index is 0.314. The number of aromatic nitrogens is 4. The predicted octanol–water partition coefficient (Wildman–Crippen LogP) is 2.36. The summed E-state index contributed by atoms with van der Waals surface area (Å²) in [7, 11) is 0. The van der Waals surface area contributed by atoms with Crippen molar-refractivity contribution in [3.05, 3.63) is 66.1 Å². The number of benzene rings is 1. The molecule has 22 heavy (non-hydrogen) atoms. The van der Waals surface area contributed by atoms with Crippen LogP contribution in [0.5, 0.6) is 0 Å². The topological polar surface area (TPSA) is 72.7 Å². The van der Waals surface area contributed by atoms with Crippen LogP contribution in [0.15, 0.2) is 49.2 Å². The van der Waals surface area contributed by atoms with Crippen molar-refractivity contribution in [1.82, 2.24) is 19.7 Å². The van der Waals surface area contributed by atoms with Crippen LogP contribution in [0, 0.1) is 12.7 Å². The summed E-state index contributed by atoms with van der Waals surface area (Å²) < 4.78 is 14.9. The van der Waals surface area contributed by atoms with E-state index in [0.29, 0.717) is 22.6 Å². The van der Waals surface area contributed by atoms with Crippen molar-refractivity contribution in [2.24, 2.45) is 0 Å². The van der Waals surface area contributed by atoms with E-state index < -0.39 is 5.91 Å². The Labute approximate surface area is 125 Å². The van der Waals surface area contributed by atoms with Gasteiger partial charge >= 0.3 is 0 Å². The zero-order valence-corrected chi connectivity index (χ0v) is 11.7. The minimum Gasteiger partial charge on any atom is -0.322 e. The van der Waals surface area contributed by atoms with E-state index in [2.05, 4.69) is 20.4 Å². The van der Waals surface area contributed by atoms with Gasteiger partial charge in [0, 0.05) is 11.9 Å². The van der Waals surface area contributed by atoms with E-state index in [4.69, 9.17) is 0 Å². The third-order valence-corrected chi connectivity index (χ3v) is 3.10. The highest BCUT2D eigenvalue weighted by atomic mass is 19.1. The average Bonchev–Trinajstić information content (AvgIpc) is 3.05. The van der Waals surface area contributed by atoms with E-state index in [1.807, 2.05) is 0 Å². The quantitative estimate of drug-likeness (QED) is 0.805. The fourth-order valence-corrected chi connectivity index (χ4v) is 1.94. The molecule has 0 saturated carbocycles. The Hall–Kier alpha value is -3.09. The lowest BCUT2D eigenvalue weighted by atomic mass is 10.2. The molecule has 110 valence electrons. The fourth-order valence-electron chi connectivity index (χ4n) is 1.94. The summed E-state index contributed by atoms with van der Waals surface area (Å²) in [6, 6.07) is 7.78. The molecule has 0 aliphatic carbocycles. The first-order chi connectivity index (χ1) is 10.6. The van der Waals surface area contributed by atoms with Crippen LogP contribution in [-0.4, -0.2) is 25.7 Å². The van der Waals surface area contributed by atoms with Gasteiger partial charge in [-0.05, 0) is 36.8 Å². The fraction of sp³-hybridized carbons (Fsp3) is 0.0667. The molecule has 7 heteroatoms. The third kappa shape index (κ3) is 2.69. The van der Waals surface area contributed by atoms with Crippen LogP contribution in [0.25, 0.3) is 5.82 Å². The third-order valence-electron chi connectivity index (χ3n) is 3.10. The van der Waals surface area contributed by atoms with Crippen LogP contribution < -0.4 is 5.32 Å². The first kappa shape index (κ1) is 13.9. The summed E-state index contributed by atoms with van der Waals surface area (Å²) in [5, 5.41) is 6.61. The largest absolute Gasteiger partial charge is 0.322 e. The Kier molecular flexibility index (Phi) is 3.61. The van der Waals surface area contributed by atoms with Gasteiger partial charge in [0.1, 0.15) is 18.5 Å². The molecule has 0 aliphatic rings. The lowest BCUT2D eigenvalue weighted by Gasteiger charge is -2.09. The Morgan fingerprint density at radius 1 is 1.32 bits per heavy atom. The highest BCUT2D eigenvalue weighted by molar-refractivity contribution is 6.06. The molecule has 0 spiro atoms. The summed E-state index contributed by atoms with van der Waals surface area (Å²) >= 11 is 0. The molecule has 3 rings (SSSR count). The van der Waals surface area contributed by atoms with E-state index in [9.17, 15) is 9.18 Å². The maximum Gasteiger partial charge on any atom is 0.259 e. The number of aryl methyl sites for hydroxylation is 1. The minimum atomic E-state index is -0.401. The van der Waals surface area contributed by atoms with Gasteiger partial charge < -0.3 is 5.32 Å². The first-order valence-electron chi connectivity index (χ1n) is 6.52. The second-order valence-electron chi connectivity index (χ2n) is 4.63. The number of amides is 1. The lowest BCUT2D eigenvalue weighted by Crippen LogP contribution is -2.16. The van der Waals surface area contributed by atoms with Gasteiger partial charge in [-0.15, -0.1) is 0 Å². The van der Waals surface area contributed by atoms with Crippen LogP contribution in [0.3, 0.4) is 0 Å². The molecule has 0 bridgehead atoms. The molecule has 0 fully saturated rings. The molecule has 1 aromatic carbocycles. The molecule has 6 nitrogen and oxygen atoms in total. The number of nitrogens with zero attached hydrogens (tertiary/aromatic N) is 4. The second-order valence-corrected chi connectivity index (χ2v) is 4.63. The predicted molar refractivity (Wildman–Crippen MR) is 78.2 cm³/mol. The van der Waals surface area contributed by atoms with Crippen LogP contribution in [0.4, 0.5) is 10.1 Å². The van der Waals surface area contributed by atoms with Crippen molar-refractivity contribution in [1.29, 1.82) is 0 Å². The highest BCUT2D eigenvalue weighted by Gasteiger charge is 2.14. The molecule has 0 aliphatic heterocycles. The normalized spacial score (nSPS) is 10.5. The molecule has 2 aromatic heterocycles. The van der Waals surface area contributed by atoms with Crippen LogP contribution >= 0.6 is 0 Å². The van der Waals surface area contributed by atoms with E-state index in [-0.39, 0.29) is 5.82 Å². The van der Waals surface area contributed by atoms with Crippen molar-refractivity contribution in [3.63, 3.8) is 0 Å². The smallest absolute Gasteiger partial charge is 0.259 e. The number of hydrogen-bond acceptors (Lipinski definition) is 4. The lowest BCUT2D eigenvalue weighted by molar-refractivity contribution is 0.102. The SMILES string of the molecule is Cc1ccc(NC(=O)c2cccnc2-n2cncn2)cc1F. The highest BCUT2D eigenvalue weighted by Crippen LogP contribution is 2.16. The van der Waals surface area contributed by atoms with Crippen LogP contribution in [0.1, 0.15) is 15.9 Å². The number of hydrogen-bond donors (Lipinski definition) is 1. The Bertz CT molecular complexity index is 817. The summed E-state index contributed by atoms with van der Waals surface area (Å²) in [5.41, 5.74) is 1.21. The van der Waals surface area contributed by atoms with E-state index in [1.165, 1.54) is 23.4 Å². The standard InChI is InChI=1S/C15H12FN5O/c1-10-4-5-11(7-13(10)16)20-15(22)12-3-2-6-18-14(12)21-9-17-8-19-21/h2-9H,1H3,(H,20,22). The zero-order valence-electron chi connectivity index (χ0n) is 11.7. The number of nitrogens with one attached hydrogen (secondary N) is 1. The van der Waals surface area contributed by atoms with Gasteiger partial charge in [0.05, 0.1) is 5.56 Å². The van der Waals surface area contributed by atoms with E-state index >= 15 is 0 Å². The van der Waals surface area contributed by atoms with Crippen molar-refractivity contribution in [2.45, 2.75) is 6.92 Å². The molecule has 1 amide bonds. The Morgan fingerprint density at radius 3 is 2.91 bits per heavy atom. The maximum absolute atomic E-state index is 13.5. The number of pyridine rings is 1. The summed E-state index contributed by atoms with van der Waals surface area (Å²) in [6.45, 7) is 1.66. The molecular formula is C15H12FN5O. The van der Waals surface area contributed by atoms with Crippen molar-refractivity contribution < 1.29 is 9.18 Å². The van der Waals surface area contributed by atoms with Gasteiger partial charge in [-0.25, -0.2) is 19.0 Å². The van der Waals surface area contributed by atoms with E-state index in [0.717, 1.165) is 0 Å². The number of halogens is 1. The summed E-state index contributed by atoms with van der Waals surface area (Å²) in [6.07, 6.45) is 4.36. The monoisotopic (exact) mass is 297 g/mol. The number of anilines is 1. The molecule has 0 atom stereocenters. The number of rotatable bonds is 3. The van der Waals surface area contributed by atoms with Crippen molar-refractivity contribution >= 4 is 11.6 Å². The van der Waals surface area contributed by atoms with Crippen molar-refractivity contribution in [3.8, 4) is 5.82 Å². The van der Waals surface area contributed by atoms with E-state index in [1.54, 1.807) is 37.4 Å². The van der Waals surface area contributed by atoms with Crippen LogP contribution in [-0.2, 0) is 0 Å². The maximum atomic E-state index is 13.5. The summed E-state index contributed by atoms with van der Waals surface area (Å²) in [5.74, 6) is -0.424. The molecule has 0 saturated heterocycles. The second kappa shape index (κ2) is 5.72. The molecular weight excluding hydrogens is 285 g/mol. The molecule has 2 heterocycles. The van der Waals surface area contributed by atoms with Gasteiger partial charge in [0.2, 0.25) is 0 Å². The zero-order chi connectivity index (χ0) is 15.5. The average molecular weight is 297 g/mol.